The molecule has 0 spiro atoms. The summed E-state index contributed by atoms with van der Waals surface area (Å²) in [4.78, 5) is 12.9. The second kappa shape index (κ2) is 5.61. The van der Waals surface area contributed by atoms with Gasteiger partial charge in [0, 0.05) is 5.69 Å². The van der Waals surface area contributed by atoms with Crippen LogP contribution >= 0.6 is 0 Å². The molecule has 0 saturated carbocycles. The van der Waals surface area contributed by atoms with Gasteiger partial charge in [-0.05, 0) is 56.5 Å². The number of fused-ring (bicyclic) bond motifs is 1. The number of benzene rings is 2. The molecule has 0 unspecified atom stereocenters. The minimum Gasteiger partial charge on any atom is -0.454 e. The van der Waals surface area contributed by atoms with E-state index >= 15 is 0 Å². The Morgan fingerprint density at radius 2 is 1.70 bits per heavy atom. The molecule has 0 bridgehead atoms. The molecule has 0 aliphatic carbocycles. The fraction of sp³-hybridized carbons (Fsp3) is 0.316. The average molecular weight is 311 g/mol. The Labute approximate surface area is 136 Å². The fourth-order valence-corrected chi connectivity index (χ4v) is 2.70. The maximum absolute atomic E-state index is 12.9. The number of para-hydroxylation sites is 1. The summed E-state index contributed by atoms with van der Waals surface area (Å²) in [5.74, 6) is 1.36. The van der Waals surface area contributed by atoms with Crippen molar-refractivity contribution in [3.63, 3.8) is 0 Å². The summed E-state index contributed by atoms with van der Waals surface area (Å²) in [5.41, 5.74) is 3.20. The molecule has 2 aromatic carbocycles. The molecular weight excluding hydrogens is 290 g/mol. The molecule has 2 aromatic rings. The molecule has 1 aliphatic heterocycles. The van der Waals surface area contributed by atoms with E-state index in [1.54, 1.807) is 0 Å². The van der Waals surface area contributed by atoms with Gasteiger partial charge >= 0.3 is 0 Å². The number of carbonyl (C=O) groups excluding carboxylic acids is 1. The molecular formula is C19H21NO3. The van der Waals surface area contributed by atoms with E-state index in [1.807, 2.05) is 64.1 Å². The lowest BCUT2D eigenvalue weighted by Crippen LogP contribution is -2.35. The highest BCUT2D eigenvalue weighted by Gasteiger charge is 2.32. The number of nitrogens with one attached hydrogen (secondary N) is 1. The second-order valence-electron chi connectivity index (χ2n) is 6.41. The van der Waals surface area contributed by atoms with Crippen LogP contribution in [0.2, 0.25) is 0 Å². The van der Waals surface area contributed by atoms with Gasteiger partial charge in [0.05, 0.1) is 5.41 Å². The first-order valence-electron chi connectivity index (χ1n) is 7.67. The van der Waals surface area contributed by atoms with Crippen LogP contribution in [0.4, 0.5) is 5.69 Å². The van der Waals surface area contributed by atoms with Crippen molar-refractivity contribution < 1.29 is 14.3 Å². The second-order valence-corrected chi connectivity index (χ2v) is 6.41. The van der Waals surface area contributed by atoms with Crippen molar-refractivity contribution in [3.8, 4) is 11.5 Å². The zero-order chi connectivity index (χ0) is 16.6. The van der Waals surface area contributed by atoms with Crippen LogP contribution in [0.5, 0.6) is 11.5 Å². The van der Waals surface area contributed by atoms with Crippen LogP contribution in [0.3, 0.4) is 0 Å². The van der Waals surface area contributed by atoms with Gasteiger partial charge in [-0.2, -0.15) is 0 Å². The minimum absolute atomic E-state index is 0.0474. The number of anilines is 1. The summed E-state index contributed by atoms with van der Waals surface area (Å²) < 4.78 is 10.7. The molecule has 23 heavy (non-hydrogen) atoms. The van der Waals surface area contributed by atoms with Gasteiger partial charge in [0.2, 0.25) is 12.7 Å². The van der Waals surface area contributed by atoms with E-state index in [2.05, 4.69) is 5.32 Å². The summed E-state index contributed by atoms with van der Waals surface area (Å²) in [7, 11) is 0. The highest BCUT2D eigenvalue weighted by atomic mass is 16.7. The molecule has 1 N–H and O–H groups in total. The zero-order valence-corrected chi connectivity index (χ0v) is 13.9. The Kier molecular flexibility index (Phi) is 3.76. The van der Waals surface area contributed by atoms with E-state index in [0.717, 1.165) is 28.1 Å². The van der Waals surface area contributed by atoms with Crippen LogP contribution < -0.4 is 14.8 Å². The highest BCUT2D eigenvalue weighted by molar-refractivity contribution is 5.99. The molecule has 3 rings (SSSR count). The Hall–Kier alpha value is -2.49. The summed E-state index contributed by atoms with van der Waals surface area (Å²) in [6.45, 7) is 8.04. The van der Waals surface area contributed by atoms with Crippen molar-refractivity contribution in [3.05, 3.63) is 53.1 Å². The lowest BCUT2D eigenvalue weighted by atomic mass is 9.83. The number of rotatable bonds is 3. The topological polar surface area (TPSA) is 47.6 Å². The largest absolute Gasteiger partial charge is 0.454 e. The van der Waals surface area contributed by atoms with Crippen LogP contribution in [0.15, 0.2) is 36.4 Å². The average Bonchev–Trinajstić information content (AvgIpc) is 2.98. The molecule has 0 atom stereocenters. The molecule has 1 aliphatic rings. The van der Waals surface area contributed by atoms with Gasteiger partial charge in [-0.3, -0.25) is 4.79 Å². The van der Waals surface area contributed by atoms with Gasteiger partial charge in [0.15, 0.2) is 11.5 Å². The summed E-state index contributed by atoms with van der Waals surface area (Å²) in [5, 5.41) is 3.07. The molecule has 120 valence electrons. The monoisotopic (exact) mass is 311 g/mol. The van der Waals surface area contributed by atoms with E-state index in [4.69, 9.17) is 9.47 Å². The standard InChI is InChI=1S/C19H21NO3/c1-12-6-5-7-13(2)17(12)20-18(21)19(3,4)14-8-9-15-16(10-14)23-11-22-15/h5-10H,11H2,1-4H3,(H,20,21). The van der Waals surface area contributed by atoms with Crippen molar-refractivity contribution in [2.75, 3.05) is 12.1 Å². The molecule has 4 nitrogen and oxygen atoms in total. The molecule has 0 aromatic heterocycles. The van der Waals surface area contributed by atoms with E-state index in [9.17, 15) is 4.79 Å². The van der Waals surface area contributed by atoms with Crippen molar-refractivity contribution >= 4 is 11.6 Å². The highest BCUT2D eigenvalue weighted by Crippen LogP contribution is 2.37. The maximum Gasteiger partial charge on any atom is 0.234 e. The summed E-state index contributed by atoms with van der Waals surface area (Å²) >= 11 is 0. The normalized spacial score (nSPS) is 13.0. The van der Waals surface area contributed by atoms with Gasteiger partial charge < -0.3 is 14.8 Å². The van der Waals surface area contributed by atoms with Gasteiger partial charge in [-0.25, -0.2) is 0 Å². The molecule has 4 heteroatoms. The van der Waals surface area contributed by atoms with Gasteiger partial charge in [0.25, 0.3) is 0 Å². The van der Waals surface area contributed by atoms with Crippen molar-refractivity contribution in [2.45, 2.75) is 33.1 Å². The predicted octanol–water partition coefficient (Wildman–Crippen LogP) is 3.95. The predicted molar refractivity (Wildman–Crippen MR) is 90.1 cm³/mol. The van der Waals surface area contributed by atoms with E-state index < -0.39 is 5.41 Å². The number of aryl methyl sites for hydroxylation is 2. The number of carbonyl (C=O) groups is 1. The third-order valence-electron chi connectivity index (χ3n) is 4.38. The number of amides is 1. The fourth-order valence-electron chi connectivity index (χ4n) is 2.70. The molecule has 0 fully saturated rings. The van der Waals surface area contributed by atoms with E-state index in [0.29, 0.717) is 5.75 Å². The quantitative estimate of drug-likeness (QED) is 0.933. The van der Waals surface area contributed by atoms with Crippen LogP contribution in [0, 0.1) is 13.8 Å². The van der Waals surface area contributed by atoms with Crippen molar-refractivity contribution in [1.29, 1.82) is 0 Å². The number of hydrogen-bond donors (Lipinski definition) is 1. The third kappa shape index (κ3) is 2.77. The Balaban J connectivity index is 1.88. The summed E-state index contributed by atoms with van der Waals surface area (Å²) in [6, 6.07) is 11.6. The Bertz CT molecular complexity index is 745. The van der Waals surface area contributed by atoms with E-state index in [-0.39, 0.29) is 12.7 Å². The molecule has 0 radical (unpaired) electrons. The first-order valence-corrected chi connectivity index (χ1v) is 7.67. The number of ether oxygens (including phenoxy) is 2. The van der Waals surface area contributed by atoms with Gasteiger partial charge in [-0.1, -0.05) is 24.3 Å². The van der Waals surface area contributed by atoms with Gasteiger partial charge in [0.1, 0.15) is 0 Å². The SMILES string of the molecule is Cc1cccc(C)c1NC(=O)C(C)(C)c1ccc2c(c1)OCO2. The smallest absolute Gasteiger partial charge is 0.234 e. The summed E-state index contributed by atoms with van der Waals surface area (Å²) in [6.07, 6.45) is 0. The van der Waals surface area contributed by atoms with Crippen molar-refractivity contribution in [1.82, 2.24) is 0 Å². The first-order chi connectivity index (χ1) is 10.9. The maximum atomic E-state index is 12.9. The molecule has 1 heterocycles. The van der Waals surface area contributed by atoms with Gasteiger partial charge in [-0.15, -0.1) is 0 Å². The first kappa shape index (κ1) is 15.4. The molecule has 0 saturated heterocycles. The Morgan fingerprint density at radius 3 is 2.39 bits per heavy atom. The minimum atomic E-state index is -0.685. The van der Waals surface area contributed by atoms with Crippen LogP contribution in [0.1, 0.15) is 30.5 Å². The lowest BCUT2D eigenvalue weighted by Gasteiger charge is -2.25. The number of hydrogen-bond acceptors (Lipinski definition) is 3. The van der Waals surface area contributed by atoms with Crippen LogP contribution in [-0.2, 0) is 10.2 Å². The lowest BCUT2D eigenvalue weighted by molar-refractivity contribution is -0.120. The van der Waals surface area contributed by atoms with E-state index in [1.165, 1.54) is 0 Å². The van der Waals surface area contributed by atoms with Crippen molar-refractivity contribution in [2.24, 2.45) is 0 Å². The van der Waals surface area contributed by atoms with Crippen LogP contribution in [-0.4, -0.2) is 12.7 Å². The molecule has 1 amide bonds. The van der Waals surface area contributed by atoms with Crippen LogP contribution in [0.25, 0.3) is 0 Å². The Morgan fingerprint density at radius 1 is 1.04 bits per heavy atom. The third-order valence-corrected chi connectivity index (χ3v) is 4.38. The zero-order valence-electron chi connectivity index (χ0n) is 13.9.